The van der Waals surface area contributed by atoms with Crippen LogP contribution in [-0.4, -0.2) is 19.5 Å². The van der Waals surface area contributed by atoms with Gasteiger partial charge in [-0.1, -0.05) is 48.0 Å². The molecule has 4 heteroatoms. The molecule has 1 N–H and O–H groups in total. The summed E-state index contributed by atoms with van der Waals surface area (Å²) in [7, 11) is 1.90. The zero-order valence-electron chi connectivity index (χ0n) is 12.2. The molecule has 0 aliphatic carbocycles. The van der Waals surface area contributed by atoms with Gasteiger partial charge in [-0.05, 0) is 30.7 Å². The van der Waals surface area contributed by atoms with Crippen LogP contribution >= 0.6 is 11.6 Å². The fraction of sp³-hybridized carbons (Fsp3) is 0.235. The van der Waals surface area contributed by atoms with Gasteiger partial charge in [-0.2, -0.15) is 0 Å². The van der Waals surface area contributed by atoms with E-state index in [0.717, 1.165) is 11.3 Å². The van der Waals surface area contributed by atoms with E-state index in [-0.39, 0.29) is 11.9 Å². The van der Waals surface area contributed by atoms with Crippen molar-refractivity contribution in [3.63, 3.8) is 0 Å². The first-order chi connectivity index (χ1) is 10.1. The van der Waals surface area contributed by atoms with E-state index in [1.807, 2.05) is 73.5 Å². The zero-order valence-corrected chi connectivity index (χ0v) is 13.0. The first-order valence-corrected chi connectivity index (χ1v) is 7.25. The predicted octanol–water partition coefficient (Wildman–Crippen LogP) is 3.65. The lowest BCUT2D eigenvalue weighted by Crippen LogP contribution is -2.36. The van der Waals surface area contributed by atoms with Gasteiger partial charge in [0.15, 0.2) is 0 Å². The van der Waals surface area contributed by atoms with Gasteiger partial charge in [0.25, 0.3) is 0 Å². The number of nitrogens with one attached hydrogen (secondary N) is 1. The molecule has 0 aliphatic rings. The second kappa shape index (κ2) is 7.14. The topological polar surface area (TPSA) is 32.3 Å². The van der Waals surface area contributed by atoms with E-state index in [2.05, 4.69) is 5.32 Å². The van der Waals surface area contributed by atoms with Crippen LogP contribution in [0.25, 0.3) is 0 Å². The molecule has 2 aromatic rings. The lowest BCUT2D eigenvalue weighted by molar-refractivity contribution is -0.120. The van der Waals surface area contributed by atoms with E-state index in [4.69, 9.17) is 11.6 Å². The van der Waals surface area contributed by atoms with Crippen molar-refractivity contribution in [1.29, 1.82) is 0 Å². The molecule has 110 valence electrons. The van der Waals surface area contributed by atoms with Crippen LogP contribution in [0.3, 0.4) is 0 Å². The minimum Gasteiger partial charge on any atom is -0.365 e. The van der Waals surface area contributed by atoms with Crippen LogP contribution in [0.4, 0.5) is 5.69 Å². The third kappa shape index (κ3) is 4.23. The summed E-state index contributed by atoms with van der Waals surface area (Å²) in [6.45, 7) is 2.24. The lowest BCUT2D eigenvalue weighted by Gasteiger charge is -2.21. The largest absolute Gasteiger partial charge is 0.365 e. The summed E-state index contributed by atoms with van der Waals surface area (Å²) in [4.78, 5) is 14.0. The Labute approximate surface area is 130 Å². The number of rotatable bonds is 5. The highest BCUT2D eigenvalue weighted by Crippen LogP contribution is 2.22. The summed E-state index contributed by atoms with van der Waals surface area (Å²) >= 11 is 6.14. The molecule has 0 heterocycles. The number of para-hydroxylation sites is 1. The highest BCUT2D eigenvalue weighted by molar-refractivity contribution is 6.31. The minimum absolute atomic E-state index is 0.0335. The average molecular weight is 303 g/mol. The Bertz CT molecular complexity index is 601. The van der Waals surface area contributed by atoms with Crippen molar-refractivity contribution in [2.75, 3.05) is 18.5 Å². The van der Waals surface area contributed by atoms with Crippen molar-refractivity contribution in [1.82, 2.24) is 5.32 Å². The van der Waals surface area contributed by atoms with Crippen molar-refractivity contribution in [2.45, 2.75) is 13.0 Å². The number of benzene rings is 2. The maximum absolute atomic E-state index is 12.1. The molecule has 0 saturated heterocycles. The monoisotopic (exact) mass is 302 g/mol. The summed E-state index contributed by atoms with van der Waals surface area (Å²) in [5.74, 6) is -0.0335. The predicted molar refractivity (Wildman–Crippen MR) is 87.7 cm³/mol. The summed E-state index contributed by atoms with van der Waals surface area (Å²) < 4.78 is 0. The van der Waals surface area contributed by atoms with E-state index >= 15 is 0 Å². The Hall–Kier alpha value is -2.00. The first-order valence-electron chi connectivity index (χ1n) is 6.88. The number of amides is 1. The number of carbonyl (C=O) groups is 1. The smallest absolute Gasteiger partial charge is 0.239 e. The number of hydrogen-bond donors (Lipinski definition) is 1. The van der Waals surface area contributed by atoms with Crippen molar-refractivity contribution in [2.24, 2.45) is 0 Å². The normalized spacial score (nSPS) is 11.8. The molecule has 2 rings (SSSR count). The van der Waals surface area contributed by atoms with Crippen LogP contribution in [0.2, 0.25) is 5.02 Å². The van der Waals surface area contributed by atoms with E-state index in [1.54, 1.807) is 0 Å². The molecule has 2 aromatic carbocycles. The molecule has 0 spiro atoms. The van der Waals surface area contributed by atoms with Crippen LogP contribution < -0.4 is 10.2 Å². The molecule has 0 aliphatic heterocycles. The summed E-state index contributed by atoms with van der Waals surface area (Å²) in [6, 6.07) is 17.3. The summed E-state index contributed by atoms with van der Waals surface area (Å²) in [5.41, 5.74) is 1.94. The van der Waals surface area contributed by atoms with Gasteiger partial charge in [-0.25, -0.2) is 0 Å². The fourth-order valence-corrected chi connectivity index (χ4v) is 2.48. The van der Waals surface area contributed by atoms with Crippen LogP contribution in [0.5, 0.6) is 0 Å². The van der Waals surface area contributed by atoms with Crippen molar-refractivity contribution < 1.29 is 4.79 Å². The highest BCUT2D eigenvalue weighted by atomic mass is 35.5. The van der Waals surface area contributed by atoms with E-state index < -0.39 is 0 Å². The molecule has 0 aromatic heterocycles. The number of carbonyl (C=O) groups excluding carboxylic acids is 1. The van der Waals surface area contributed by atoms with Gasteiger partial charge in [0.2, 0.25) is 5.91 Å². The lowest BCUT2D eigenvalue weighted by atomic mass is 10.1. The standard InChI is InChI=1S/C17H19ClN2O/c1-13(15-10-6-7-11-16(15)18)19-17(21)12-20(2)14-8-4-3-5-9-14/h3-11,13H,12H2,1-2H3,(H,19,21). The van der Waals surface area contributed by atoms with Crippen LogP contribution in [0.15, 0.2) is 54.6 Å². The molecule has 3 nitrogen and oxygen atoms in total. The highest BCUT2D eigenvalue weighted by Gasteiger charge is 2.13. The van der Waals surface area contributed by atoms with Gasteiger partial charge in [-0.3, -0.25) is 4.79 Å². The van der Waals surface area contributed by atoms with Crippen molar-refractivity contribution >= 4 is 23.2 Å². The molecule has 0 fully saturated rings. The number of likely N-dealkylation sites (N-methyl/N-ethyl adjacent to an activating group) is 1. The zero-order chi connectivity index (χ0) is 15.2. The molecule has 0 saturated carbocycles. The molecule has 1 atom stereocenters. The average Bonchev–Trinajstić information content (AvgIpc) is 2.48. The van der Waals surface area contributed by atoms with Crippen molar-refractivity contribution in [3.05, 3.63) is 65.2 Å². The number of nitrogens with zero attached hydrogens (tertiary/aromatic N) is 1. The van der Waals surface area contributed by atoms with E-state index in [1.165, 1.54) is 0 Å². The Balaban J connectivity index is 1.94. The SMILES string of the molecule is CC(NC(=O)CN(C)c1ccccc1)c1ccccc1Cl. The third-order valence-electron chi connectivity index (χ3n) is 3.33. The second-order valence-corrected chi connectivity index (χ2v) is 5.41. The summed E-state index contributed by atoms with van der Waals surface area (Å²) in [5, 5.41) is 3.64. The second-order valence-electron chi connectivity index (χ2n) is 5.00. The third-order valence-corrected chi connectivity index (χ3v) is 3.67. The Morgan fingerprint density at radius 1 is 1.14 bits per heavy atom. The molecule has 1 unspecified atom stereocenters. The van der Waals surface area contributed by atoms with Gasteiger partial charge in [0.05, 0.1) is 12.6 Å². The van der Waals surface area contributed by atoms with Gasteiger partial charge < -0.3 is 10.2 Å². The molecular formula is C17H19ClN2O. The Kier molecular flexibility index (Phi) is 5.23. The maximum atomic E-state index is 12.1. The first kappa shape index (κ1) is 15.4. The van der Waals surface area contributed by atoms with Crippen molar-refractivity contribution in [3.8, 4) is 0 Å². The van der Waals surface area contributed by atoms with Gasteiger partial charge in [-0.15, -0.1) is 0 Å². The molecule has 0 bridgehead atoms. The minimum atomic E-state index is -0.115. The van der Waals surface area contributed by atoms with Crippen LogP contribution in [-0.2, 0) is 4.79 Å². The Morgan fingerprint density at radius 3 is 2.43 bits per heavy atom. The summed E-state index contributed by atoms with van der Waals surface area (Å²) in [6.07, 6.45) is 0. The number of anilines is 1. The fourth-order valence-electron chi connectivity index (χ4n) is 2.18. The molecule has 0 radical (unpaired) electrons. The Morgan fingerprint density at radius 2 is 1.76 bits per heavy atom. The van der Waals surface area contributed by atoms with E-state index in [0.29, 0.717) is 11.6 Å². The molecule has 21 heavy (non-hydrogen) atoms. The van der Waals surface area contributed by atoms with Gasteiger partial charge in [0, 0.05) is 17.8 Å². The van der Waals surface area contributed by atoms with Crippen LogP contribution in [0.1, 0.15) is 18.5 Å². The molecular weight excluding hydrogens is 284 g/mol. The number of hydrogen-bond acceptors (Lipinski definition) is 2. The van der Waals surface area contributed by atoms with Gasteiger partial charge in [0.1, 0.15) is 0 Å². The van der Waals surface area contributed by atoms with Gasteiger partial charge >= 0.3 is 0 Å². The maximum Gasteiger partial charge on any atom is 0.239 e. The quantitative estimate of drug-likeness (QED) is 0.914. The van der Waals surface area contributed by atoms with E-state index in [9.17, 15) is 4.79 Å². The number of halogens is 1. The van der Waals surface area contributed by atoms with Crippen LogP contribution in [0, 0.1) is 0 Å². The molecule has 1 amide bonds.